The number of rotatable bonds is 4. The largest absolute Gasteiger partial charge is 0.456 e. The Kier molecular flexibility index (Phi) is 3.02. The Balaban J connectivity index is 2.77. The number of hydrogen-bond acceptors (Lipinski definition) is 3. The van der Waals surface area contributed by atoms with Crippen molar-refractivity contribution in [3.8, 4) is 0 Å². The number of ether oxygens (including phenoxy) is 2. The van der Waals surface area contributed by atoms with Crippen LogP contribution in [0.1, 0.15) is 13.8 Å². The molecule has 0 amide bonds. The molecule has 1 fully saturated rings. The van der Waals surface area contributed by atoms with Gasteiger partial charge in [-0.2, -0.15) is 8.78 Å². The zero-order valence-electron chi connectivity index (χ0n) is 8.60. The number of carbonyl (C=O) groups excluding carboxylic acids is 1. The molecular formula is C9H10F4O3. The highest BCUT2D eigenvalue weighted by Gasteiger charge is 2.83. The van der Waals surface area contributed by atoms with Gasteiger partial charge in [-0.25, -0.2) is 13.6 Å². The normalized spacial score (nSPS) is 28.7. The standard InChI is InChI=1S/C9H10F4O3/c1-4(2)6(14)15-5(3)8(7(10)11)9(12,13)16-8/h5,7H,1H2,2-3H3. The third-order valence-corrected chi connectivity index (χ3v) is 2.27. The van der Waals surface area contributed by atoms with Gasteiger partial charge in [-0.1, -0.05) is 6.58 Å². The van der Waals surface area contributed by atoms with Crippen LogP contribution in [0.4, 0.5) is 17.6 Å². The van der Waals surface area contributed by atoms with E-state index in [1.165, 1.54) is 6.92 Å². The zero-order chi connectivity index (χ0) is 12.7. The average Bonchev–Trinajstić information content (AvgIpc) is 2.70. The van der Waals surface area contributed by atoms with E-state index in [1.54, 1.807) is 0 Å². The summed E-state index contributed by atoms with van der Waals surface area (Å²) in [6.45, 7) is 5.40. The van der Waals surface area contributed by atoms with Crippen LogP contribution in [0, 0.1) is 0 Å². The molecule has 1 aliphatic heterocycles. The van der Waals surface area contributed by atoms with Crippen molar-refractivity contribution in [3.63, 3.8) is 0 Å². The molecule has 0 N–H and O–H groups in total. The average molecular weight is 242 g/mol. The van der Waals surface area contributed by atoms with E-state index in [4.69, 9.17) is 0 Å². The van der Waals surface area contributed by atoms with Crippen LogP contribution in [0.15, 0.2) is 12.2 Å². The molecule has 0 aromatic rings. The number of alkyl halides is 4. The molecule has 1 heterocycles. The molecule has 0 bridgehead atoms. The minimum Gasteiger partial charge on any atom is -0.456 e. The van der Waals surface area contributed by atoms with Gasteiger partial charge >= 0.3 is 12.1 Å². The van der Waals surface area contributed by atoms with E-state index < -0.39 is 30.2 Å². The van der Waals surface area contributed by atoms with Crippen molar-refractivity contribution in [3.05, 3.63) is 12.2 Å². The Morgan fingerprint density at radius 1 is 1.44 bits per heavy atom. The van der Waals surface area contributed by atoms with Crippen molar-refractivity contribution in [1.29, 1.82) is 0 Å². The number of halogens is 4. The zero-order valence-corrected chi connectivity index (χ0v) is 8.60. The van der Waals surface area contributed by atoms with Gasteiger partial charge in [0.1, 0.15) is 6.10 Å². The van der Waals surface area contributed by atoms with Crippen LogP contribution < -0.4 is 0 Å². The molecule has 0 spiro atoms. The van der Waals surface area contributed by atoms with Crippen LogP contribution in [0.25, 0.3) is 0 Å². The Labute approximate surface area is 89.0 Å². The highest BCUT2D eigenvalue weighted by atomic mass is 19.3. The summed E-state index contributed by atoms with van der Waals surface area (Å²) in [5, 5.41) is 0. The summed E-state index contributed by atoms with van der Waals surface area (Å²) >= 11 is 0. The van der Waals surface area contributed by atoms with E-state index in [2.05, 4.69) is 16.1 Å². The number of carbonyl (C=O) groups is 1. The molecule has 7 heteroatoms. The van der Waals surface area contributed by atoms with Crippen molar-refractivity contribution in [1.82, 2.24) is 0 Å². The number of hydrogen-bond donors (Lipinski definition) is 0. The smallest absolute Gasteiger partial charge is 0.395 e. The predicted molar refractivity (Wildman–Crippen MR) is 45.1 cm³/mol. The molecular weight excluding hydrogens is 232 g/mol. The topological polar surface area (TPSA) is 38.8 Å². The van der Waals surface area contributed by atoms with Crippen molar-refractivity contribution >= 4 is 5.97 Å². The van der Waals surface area contributed by atoms with Gasteiger partial charge in [-0.15, -0.1) is 0 Å². The fraction of sp³-hybridized carbons (Fsp3) is 0.667. The summed E-state index contributed by atoms with van der Waals surface area (Å²) in [5.41, 5.74) is -3.10. The van der Waals surface area contributed by atoms with Crippen LogP contribution in [-0.2, 0) is 14.3 Å². The van der Waals surface area contributed by atoms with E-state index >= 15 is 0 Å². The maximum absolute atomic E-state index is 12.7. The lowest BCUT2D eigenvalue weighted by molar-refractivity contribution is -0.151. The quantitative estimate of drug-likeness (QED) is 0.328. The highest BCUT2D eigenvalue weighted by Crippen LogP contribution is 2.57. The van der Waals surface area contributed by atoms with E-state index in [0.29, 0.717) is 0 Å². The van der Waals surface area contributed by atoms with Crippen LogP contribution >= 0.6 is 0 Å². The first-order chi connectivity index (χ1) is 7.15. The Morgan fingerprint density at radius 2 is 1.88 bits per heavy atom. The monoisotopic (exact) mass is 242 g/mol. The van der Waals surface area contributed by atoms with Gasteiger partial charge in [0.05, 0.1) is 0 Å². The van der Waals surface area contributed by atoms with Gasteiger partial charge in [-0.05, 0) is 13.8 Å². The molecule has 3 nitrogen and oxygen atoms in total. The van der Waals surface area contributed by atoms with E-state index in [0.717, 1.165) is 6.92 Å². The minimum absolute atomic E-state index is 0.0692. The number of epoxide rings is 1. The third-order valence-electron chi connectivity index (χ3n) is 2.27. The third kappa shape index (κ3) is 1.79. The van der Waals surface area contributed by atoms with Crippen molar-refractivity contribution < 1.29 is 31.8 Å². The fourth-order valence-corrected chi connectivity index (χ4v) is 1.20. The predicted octanol–water partition coefficient (Wildman–Crippen LogP) is 2.12. The molecule has 92 valence electrons. The second kappa shape index (κ2) is 3.73. The molecule has 0 aliphatic carbocycles. The van der Waals surface area contributed by atoms with Gasteiger partial charge in [0.2, 0.25) is 0 Å². The van der Waals surface area contributed by atoms with Crippen LogP contribution in [0.2, 0.25) is 0 Å². The van der Waals surface area contributed by atoms with Gasteiger partial charge in [0.25, 0.3) is 12.0 Å². The summed E-state index contributed by atoms with van der Waals surface area (Å²) in [7, 11) is 0. The molecule has 16 heavy (non-hydrogen) atoms. The van der Waals surface area contributed by atoms with Crippen molar-refractivity contribution in [2.75, 3.05) is 0 Å². The summed E-state index contributed by atoms with van der Waals surface area (Å²) < 4.78 is 58.4. The van der Waals surface area contributed by atoms with Crippen LogP contribution in [0.5, 0.6) is 0 Å². The van der Waals surface area contributed by atoms with Gasteiger partial charge in [-0.3, -0.25) is 4.74 Å². The first-order valence-corrected chi connectivity index (χ1v) is 4.37. The Hall–Kier alpha value is -1.11. The summed E-state index contributed by atoms with van der Waals surface area (Å²) in [6, 6.07) is 0. The van der Waals surface area contributed by atoms with Gasteiger partial charge in [0, 0.05) is 5.57 Å². The second-order valence-electron chi connectivity index (χ2n) is 3.54. The lowest BCUT2D eigenvalue weighted by Gasteiger charge is -2.19. The number of esters is 1. The summed E-state index contributed by atoms with van der Waals surface area (Å²) in [4.78, 5) is 11.0. The molecule has 0 saturated carbocycles. The van der Waals surface area contributed by atoms with Crippen molar-refractivity contribution in [2.45, 2.75) is 38.1 Å². The molecule has 1 rings (SSSR count). The molecule has 2 unspecified atom stereocenters. The maximum Gasteiger partial charge on any atom is 0.395 e. The lowest BCUT2D eigenvalue weighted by Crippen LogP contribution is -2.42. The lowest BCUT2D eigenvalue weighted by atomic mass is 10.0. The van der Waals surface area contributed by atoms with Gasteiger partial charge in [0.15, 0.2) is 0 Å². The SMILES string of the molecule is C=C(C)C(=O)OC(C)C1(C(F)F)OC1(F)F. The molecule has 1 aliphatic rings. The molecule has 0 radical (unpaired) electrons. The van der Waals surface area contributed by atoms with Crippen LogP contribution in [0.3, 0.4) is 0 Å². The van der Waals surface area contributed by atoms with Gasteiger partial charge < -0.3 is 4.74 Å². The van der Waals surface area contributed by atoms with E-state index in [-0.39, 0.29) is 5.57 Å². The second-order valence-corrected chi connectivity index (χ2v) is 3.54. The molecule has 0 aromatic carbocycles. The fourth-order valence-electron chi connectivity index (χ4n) is 1.20. The molecule has 0 aromatic heterocycles. The highest BCUT2D eigenvalue weighted by molar-refractivity contribution is 5.87. The van der Waals surface area contributed by atoms with E-state index in [9.17, 15) is 22.4 Å². The Bertz CT molecular complexity index is 329. The first kappa shape index (κ1) is 13.0. The van der Waals surface area contributed by atoms with E-state index in [1.807, 2.05) is 0 Å². The summed E-state index contributed by atoms with van der Waals surface area (Å²) in [6.07, 6.45) is -9.18. The first-order valence-electron chi connectivity index (χ1n) is 4.37. The van der Waals surface area contributed by atoms with Crippen LogP contribution in [-0.4, -0.2) is 30.2 Å². The summed E-state index contributed by atoms with van der Waals surface area (Å²) in [5.74, 6) is -1.01. The Morgan fingerprint density at radius 3 is 2.12 bits per heavy atom. The minimum atomic E-state index is -3.98. The van der Waals surface area contributed by atoms with Crippen molar-refractivity contribution in [2.24, 2.45) is 0 Å². The molecule has 2 atom stereocenters. The molecule has 1 saturated heterocycles. The maximum atomic E-state index is 12.7.